The summed E-state index contributed by atoms with van der Waals surface area (Å²) in [4.78, 5) is 24.0. The fourth-order valence-electron chi connectivity index (χ4n) is 4.50. The number of amides is 1. The Balaban J connectivity index is 1.50. The molecule has 1 fully saturated rings. The van der Waals surface area contributed by atoms with Gasteiger partial charge < -0.3 is 9.64 Å². The van der Waals surface area contributed by atoms with E-state index >= 15 is 0 Å². The Hall–Kier alpha value is -3.58. The van der Waals surface area contributed by atoms with Crippen molar-refractivity contribution in [1.82, 2.24) is 19.4 Å². The van der Waals surface area contributed by atoms with Gasteiger partial charge in [0.2, 0.25) is 5.95 Å². The van der Waals surface area contributed by atoms with Crippen LogP contribution < -0.4 is 0 Å². The summed E-state index contributed by atoms with van der Waals surface area (Å²) in [6.07, 6.45) is 5.21. The standard InChI is InChI=1S/C26H25FN4O2/c1-16-13-31(26-28-11-20(12-29-26)22-6-4-5-7-23(22)27)24-10-19(8-9-21(16)24)25(32)30-14-17(2)33-18(3)15-30/h4-13,17-18H,14-15H2,1-3H3. The summed E-state index contributed by atoms with van der Waals surface area (Å²) in [5.41, 5.74) is 3.59. The molecular weight excluding hydrogens is 419 g/mol. The Morgan fingerprint density at radius 3 is 2.45 bits per heavy atom. The lowest BCUT2D eigenvalue weighted by atomic mass is 10.1. The van der Waals surface area contributed by atoms with Gasteiger partial charge in [-0.15, -0.1) is 0 Å². The van der Waals surface area contributed by atoms with Crippen molar-refractivity contribution >= 4 is 16.8 Å². The maximum Gasteiger partial charge on any atom is 0.254 e. The molecule has 0 N–H and O–H groups in total. The van der Waals surface area contributed by atoms with Gasteiger partial charge in [-0.25, -0.2) is 14.4 Å². The van der Waals surface area contributed by atoms with Crippen molar-refractivity contribution in [2.24, 2.45) is 0 Å². The van der Waals surface area contributed by atoms with E-state index in [0.717, 1.165) is 16.5 Å². The van der Waals surface area contributed by atoms with Crippen LogP contribution in [-0.4, -0.2) is 50.6 Å². The molecule has 2 aromatic heterocycles. The van der Waals surface area contributed by atoms with Gasteiger partial charge >= 0.3 is 0 Å². The largest absolute Gasteiger partial charge is 0.372 e. The quantitative estimate of drug-likeness (QED) is 0.456. The van der Waals surface area contributed by atoms with Crippen LogP contribution in [0.2, 0.25) is 0 Å². The van der Waals surface area contributed by atoms with Gasteiger partial charge in [0, 0.05) is 53.8 Å². The molecule has 1 aliphatic rings. The maximum absolute atomic E-state index is 14.1. The number of hydrogen-bond acceptors (Lipinski definition) is 4. The van der Waals surface area contributed by atoms with E-state index in [1.165, 1.54) is 6.07 Å². The Morgan fingerprint density at radius 2 is 1.76 bits per heavy atom. The van der Waals surface area contributed by atoms with Crippen LogP contribution in [0.15, 0.2) is 61.1 Å². The van der Waals surface area contributed by atoms with Crippen LogP contribution in [0, 0.1) is 12.7 Å². The lowest BCUT2D eigenvalue weighted by Gasteiger charge is -2.35. The molecule has 2 atom stereocenters. The van der Waals surface area contributed by atoms with Gasteiger partial charge in [0.05, 0.1) is 17.7 Å². The topological polar surface area (TPSA) is 60.2 Å². The minimum absolute atomic E-state index is 0.00824. The zero-order chi connectivity index (χ0) is 23.1. The second-order valence-electron chi connectivity index (χ2n) is 8.63. The number of aryl methyl sites for hydroxylation is 1. The van der Waals surface area contributed by atoms with Crippen molar-refractivity contribution in [3.63, 3.8) is 0 Å². The Labute approximate surface area is 191 Å². The van der Waals surface area contributed by atoms with Crippen LogP contribution >= 0.6 is 0 Å². The average Bonchev–Trinajstić information content (AvgIpc) is 3.14. The summed E-state index contributed by atoms with van der Waals surface area (Å²) in [5.74, 6) is 0.137. The molecule has 3 heterocycles. The van der Waals surface area contributed by atoms with Gasteiger partial charge in [-0.3, -0.25) is 9.36 Å². The van der Waals surface area contributed by atoms with Crippen LogP contribution in [0.3, 0.4) is 0 Å². The number of hydrogen-bond donors (Lipinski definition) is 0. The van der Waals surface area contributed by atoms with Gasteiger partial charge in [-0.2, -0.15) is 0 Å². The van der Waals surface area contributed by atoms with Crippen molar-refractivity contribution in [3.8, 4) is 17.1 Å². The first-order valence-electron chi connectivity index (χ1n) is 11.0. The fourth-order valence-corrected chi connectivity index (χ4v) is 4.50. The van der Waals surface area contributed by atoms with Gasteiger partial charge in [0.15, 0.2) is 0 Å². The third-order valence-corrected chi connectivity index (χ3v) is 6.00. The highest BCUT2D eigenvalue weighted by Crippen LogP contribution is 2.27. The summed E-state index contributed by atoms with van der Waals surface area (Å²) in [5, 5.41) is 1.03. The third kappa shape index (κ3) is 4.00. The summed E-state index contributed by atoms with van der Waals surface area (Å²) in [6, 6.07) is 12.3. The van der Waals surface area contributed by atoms with E-state index in [9.17, 15) is 9.18 Å². The second kappa shape index (κ2) is 8.41. The van der Waals surface area contributed by atoms with Crippen molar-refractivity contribution < 1.29 is 13.9 Å². The van der Waals surface area contributed by atoms with Crippen LogP contribution in [0.25, 0.3) is 28.0 Å². The number of benzene rings is 2. The van der Waals surface area contributed by atoms with Crippen molar-refractivity contribution in [2.45, 2.75) is 33.0 Å². The predicted molar refractivity (Wildman–Crippen MR) is 125 cm³/mol. The van der Waals surface area contributed by atoms with E-state index in [2.05, 4.69) is 9.97 Å². The number of morpholine rings is 1. The maximum atomic E-state index is 14.1. The summed E-state index contributed by atoms with van der Waals surface area (Å²) in [6.45, 7) is 7.12. The number of nitrogens with zero attached hydrogens (tertiary/aromatic N) is 4. The minimum Gasteiger partial charge on any atom is -0.372 e. The van der Waals surface area contributed by atoms with E-state index in [1.807, 2.05) is 54.6 Å². The molecule has 0 saturated carbocycles. The molecule has 2 unspecified atom stereocenters. The molecule has 0 bridgehead atoms. The van der Waals surface area contributed by atoms with Crippen molar-refractivity contribution in [3.05, 3.63) is 78.0 Å². The van der Waals surface area contributed by atoms with Crippen molar-refractivity contribution in [2.75, 3.05) is 13.1 Å². The zero-order valence-electron chi connectivity index (χ0n) is 18.8. The van der Waals surface area contributed by atoms with E-state index < -0.39 is 0 Å². The number of halogens is 1. The molecule has 5 rings (SSSR count). The zero-order valence-corrected chi connectivity index (χ0v) is 18.8. The first-order valence-corrected chi connectivity index (χ1v) is 11.0. The molecule has 0 aliphatic carbocycles. The monoisotopic (exact) mass is 444 g/mol. The number of ether oxygens (including phenoxy) is 1. The number of carbonyl (C=O) groups excluding carboxylic acids is 1. The molecule has 1 amide bonds. The van der Waals surface area contributed by atoms with Crippen LogP contribution in [0.1, 0.15) is 29.8 Å². The molecule has 1 aliphatic heterocycles. The molecular formula is C26H25FN4O2. The Bertz CT molecular complexity index is 1320. The predicted octanol–water partition coefficient (Wildman–Crippen LogP) is 4.78. The Morgan fingerprint density at radius 1 is 1.06 bits per heavy atom. The van der Waals surface area contributed by atoms with Crippen LogP contribution in [0.4, 0.5) is 4.39 Å². The van der Waals surface area contributed by atoms with E-state index in [4.69, 9.17) is 4.74 Å². The van der Waals surface area contributed by atoms with Gasteiger partial charge in [-0.05, 0) is 44.5 Å². The third-order valence-electron chi connectivity index (χ3n) is 6.00. The van der Waals surface area contributed by atoms with Gasteiger partial charge in [0.25, 0.3) is 5.91 Å². The van der Waals surface area contributed by atoms with E-state index in [1.54, 1.807) is 30.6 Å². The number of rotatable bonds is 3. The van der Waals surface area contributed by atoms with E-state index in [-0.39, 0.29) is 23.9 Å². The smallest absolute Gasteiger partial charge is 0.254 e. The normalized spacial score (nSPS) is 18.6. The highest BCUT2D eigenvalue weighted by atomic mass is 19.1. The molecule has 33 heavy (non-hydrogen) atoms. The number of fused-ring (bicyclic) bond motifs is 1. The summed E-state index contributed by atoms with van der Waals surface area (Å²) >= 11 is 0. The second-order valence-corrected chi connectivity index (χ2v) is 8.63. The lowest BCUT2D eigenvalue weighted by Crippen LogP contribution is -2.48. The molecule has 4 aromatic rings. The first kappa shape index (κ1) is 21.3. The minimum atomic E-state index is -0.314. The van der Waals surface area contributed by atoms with Crippen molar-refractivity contribution in [1.29, 1.82) is 0 Å². The average molecular weight is 445 g/mol. The number of carbonyl (C=O) groups is 1. The summed E-state index contributed by atoms with van der Waals surface area (Å²) < 4.78 is 21.8. The van der Waals surface area contributed by atoms with Crippen LogP contribution in [-0.2, 0) is 4.74 Å². The van der Waals surface area contributed by atoms with E-state index in [0.29, 0.717) is 35.7 Å². The molecule has 6 nitrogen and oxygen atoms in total. The highest BCUT2D eigenvalue weighted by molar-refractivity contribution is 5.99. The molecule has 0 radical (unpaired) electrons. The molecule has 168 valence electrons. The molecule has 2 aromatic carbocycles. The molecule has 1 saturated heterocycles. The SMILES string of the molecule is Cc1cn(-c2ncc(-c3ccccc3F)cn2)c2cc(C(=O)N3CC(C)OC(C)C3)ccc12. The fraction of sp³-hybridized carbons (Fsp3) is 0.269. The lowest BCUT2D eigenvalue weighted by molar-refractivity contribution is -0.0586. The first-order chi connectivity index (χ1) is 15.9. The molecule has 7 heteroatoms. The van der Waals surface area contributed by atoms with Crippen LogP contribution in [0.5, 0.6) is 0 Å². The van der Waals surface area contributed by atoms with Gasteiger partial charge in [0.1, 0.15) is 5.82 Å². The highest BCUT2D eigenvalue weighted by Gasteiger charge is 2.27. The Kier molecular flexibility index (Phi) is 5.42. The number of aromatic nitrogens is 3. The van der Waals surface area contributed by atoms with Gasteiger partial charge in [-0.1, -0.05) is 24.3 Å². The molecule has 0 spiro atoms. The summed E-state index contributed by atoms with van der Waals surface area (Å²) in [7, 11) is 0.